The zero-order chi connectivity index (χ0) is 10.3. The maximum atomic E-state index is 5.24. The first-order valence-electron chi connectivity index (χ1n) is 4.39. The molecule has 0 aliphatic rings. The van der Waals surface area contributed by atoms with Gasteiger partial charge in [0.15, 0.2) is 11.4 Å². The van der Waals surface area contributed by atoms with Crippen molar-refractivity contribution in [1.29, 1.82) is 0 Å². The molecule has 0 fully saturated rings. The van der Waals surface area contributed by atoms with Gasteiger partial charge in [-0.05, 0) is 40.2 Å². The summed E-state index contributed by atoms with van der Waals surface area (Å²) in [6, 6.07) is 7.48. The molecule has 3 heterocycles. The molecule has 0 spiro atoms. The summed E-state index contributed by atoms with van der Waals surface area (Å²) in [5.74, 6) is 1.26. The second-order valence-electron chi connectivity index (χ2n) is 3.04. The van der Waals surface area contributed by atoms with Crippen LogP contribution in [-0.4, -0.2) is 14.6 Å². The minimum Gasteiger partial charge on any atom is -0.461 e. The van der Waals surface area contributed by atoms with Crippen molar-refractivity contribution in [2.24, 2.45) is 0 Å². The van der Waals surface area contributed by atoms with Crippen LogP contribution < -0.4 is 0 Å². The summed E-state index contributed by atoms with van der Waals surface area (Å²) >= 11 is 3.42. The van der Waals surface area contributed by atoms with Crippen molar-refractivity contribution < 1.29 is 4.42 Å². The molecule has 5 heteroatoms. The SMILES string of the molecule is Brc1cccn2nc(-c3ccco3)nc12. The lowest BCUT2D eigenvalue weighted by molar-refractivity contribution is 0.577. The van der Waals surface area contributed by atoms with Crippen LogP contribution in [0.15, 0.2) is 45.6 Å². The minimum absolute atomic E-state index is 0.590. The summed E-state index contributed by atoms with van der Waals surface area (Å²) in [6.07, 6.45) is 3.45. The van der Waals surface area contributed by atoms with Gasteiger partial charge in [-0.25, -0.2) is 9.50 Å². The molecule has 3 aromatic heterocycles. The molecular weight excluding hydrogens is 258 g/mol. The molecule has 0 saturated heterocycles. The Kier molecular flexibility index (Phi) is 1.85. The summed E-state index contributed by atoms with van der Waals surface area (Å²) in [6.45, 7) is 0. The van der Waals surface area contributed by atoms with E-state index in [0.29, 0.717) is 11.6 Å². The molecule has 0 aromatic carbocycles. The lowest BCUT2D eigenvalue weighted by Gasteiger charge is -1.90. The summed E-state index contributed by atoms with van der Waals surface area (Å²) in [7, 11) is 0. The molecule has 0 aliphatic carbocycles. The summed E-state index contributed by atoms with van der Waals surface area (Å²) in [5.41, 5.74) is 0.781. The van der Waals surface area contributed by atoms with Gasteiger partial charge in [0.05, 0.1) is 10.7 Å². The summed E-state index contributed by atoms with van der Waals surface area (Å²) in [4.78, 5) is 4.37. The monoisotopic (exact) mass is 263 g/mol. The molecule has 15 heavy (non-hydrogen) atoms. The van der Waals surface area contributed by atoms with E-state index in [9.17, 15) is 0 Å². The van der Waals surface area contributed by atoms with Gasteiger partial charge in [0.2, 0.25) is 5.82 Å². The maximum absolute atomic E-state index is 5.24. The van der Waals surface area contributed by atoms with E-state index in [1.807, 2.05) is 30.5 Å². The van der Waals surface area contributed by atoms with Gasteiger partial charge in [0.1, 0.15) is 0 Å². The number of rotatable bonds is 1. The van der Waals surface area contributed by atoms with Gasteiger partial charge in [0.25, 0.3) is 0 Å². The van der Waals surface area contributed by atoms with E-state index in [2.05, 4.69) is 26.0 Å². The maximum Gasteiger partial charge on any atom is 0.217 e. The van der Waals surface area contributed by atoms with Crippen molar-refractivity contribution in [3.8, 4) is 11.6 Å². The van der Waals surface area contributed by atoms with Gasteiger partial charge in [-0.3, -0.25) is 0 Å². The van der Waals surface area contributed by atoms with Gasteiger partial charge in [0, 0.05) is 6.20 Å². The van der Waals surface area contributed by atoms with Crippen molar-refractivity contribution in [2.75, 3.05) is 0 Å². The van der Waals surface area contributed by atoms with Crippen LogP contribution in [0.1, 0.15) is 0 Å². The largest absolute Gasteiger partial charge is 0.461 e. The molecule has 3 aromatic rings. The fourth-order valence-electron chi connectivity index (χ4n) is 1.38. The average Bonchev–Trinajstić information content (AvgIpc) is 2.86. The Hall–Kier alpha value is -1.62. The van der Waals surface area contributed by atoms with E-state index in [4.69, 9.17) is 4.42 Å². The van der Waals surface area contributed by atoms with Crippen molar-refractivity contribution in [3.05, 3.63) is 41.2 Å². The third kappa shape index (κ3) is 1.35. The van der Waals surface area contributed by atoms with Gasteiger partial charge in [-0.1, -0.05) is 0 Å². The third-order valence-corrected chi connectivity index (χ3v) is 2.68. The number of fused-ring (bicyclic) bond motifs is 1. The Bertz CT molecular complexity index is 600. The highest BCUT2D eigenvalue weighted by atomic mass is 79.9. The zero-order valence-corrected chi connectivity index (χ0v) is 9.18. The van der Waals surface area contributed by atoms with E-state index < -0.39 is 0 Å². The Morgan fingerprint density at radius 2 is 2.20 bits per heavy atom. The molecule has 3 rings (SSSR count). The van der Waals surface area contributed by atoms with Crippen LogP contribution in [0, 0.1) is 0 Å². The van der Waals surface area contributed by atoms with Crippen molar-refractivity contribution >= 4 is 21.6 Å². The van der Waals surface area contributed by atoms with Gasteiger partial charge in [-0.15, -0.1) is 5.10 Å². The van der Waals surface area contributed by atoms with E-state index in [0.717, 1.165) is 10.1 Å². The van der Waals surface area contributed by atoms with Crippen molar-refractivity contribution in [2.45, 2.75) is 0 Å². The Balaban J connectivity index is 2.27. The molecule has 0 bridgehead atoms. The number of hydrogen-bond donors (Lipinski definition) is 0. The molecule has 4 nitrogen and oxygen atoms in total. The highest BCUT2D eigenvalue weighted by Gasteiger charge is 2.09. The normalized spacial score (nSPS) is 11.0. The minimum atomic E-state index is 0.590. The predicted octanol–water partition coefficient (Wildman–Crippen LogP) is 2.75. The number of halogens is 1. The number of furan rings is 1. The molecule has 0 saturated carbocycles. The number of hydrogen-bond acceptors (Lipinski definition) is 3. The van der Waals surface area contributed by atoms with E-state index in [1.165, 1.54) is 0 Å². The highest BCUT2D eigenvalue weighted by molar-refractivity contribution is 9.10. The van der Waals surface area contributed by atoms with Crippen LogP contribution in [0.4, 0.5) is 0 Å². The van der Waals surface area contributed by atoms with Crippen LogP contribution in [0.5, 0.6) is 0 Å². The number of nitrogens with zero attached hydrogens (tertiary/aromatic N) is 3. The fraction of sp³-hybridized carbons (Fsp3) is 0. The molecule has 0 unspecified atom stereocenters. The lowest BCUT2D eigenvalue weighted by Crippen LogP contribution is -1.85. The van der Waals surface area contributed by atoms with Crippen molar-refractivity contribution in [3.63, 3.8) is 0 Å². The van der Waals surface area contributed by atoms with Crippen LogP contribution in [0.2, 0.25) is 0 Å². The fourth-order valence-corrected chi connectivity index (χ4v) is 1.81. The van der Waals surface area contributed by atoms with Gasteiger partial charge in [-0.2, -0.15) is 0 Å². The predicted molar refractivity (Wildman–Crippen MR) is 58.4 cm³/mol. The molecular formula is C10H6BrN3O. The first-order valence-corrected chi connectivity index (χ1v) is 5.19. The van der Waals surface area contributed by atoms with Crippen LogP contribution in [0.3, 0.4) is 0 Å². The molecule has 0 aliphatic heterocycles. The first-order chi connectivity index (χ1) is 7.34. The standard InChI is InChI=1S/C10H6BrN3O/c11-7-3-1-5-14-10(7)12-9(13-14)8-4-2-6-15-8/h1-6H. The van der Waals surface area contributed by atoms with Crippen LogP contribution >= 0.6 is 15.9 Å². The quantitative estimate of drug-likeness (QED) is 0.678. The van der Waals surface area contributed by atoms with Crippen LogP contribution in [-0.2, 0) is 0 Å². The first kappa shape index (κ1) is 8.67. The smallest absolute Gasteiger partial charge is 0.217 e. The zero-order valence-electron chi connectivity index (χ0n) is 7.59. The van der Waals surface area contributed by atoms with E-state index in [-0.39, 0.29) is 0 Å². The Morgan fingerprint density at radius 3 is 2.93 bits per heavy atom. The summed E-state index contributed by atoms with van der Waals surface area (Å²) in [5, 5.41) is 4.30. The number of pyridine rings is 1. The van der Waals surface area contributed by atoms with Gasteiger partial charge >= 0.3 is 0 Å². The molecule has 0 N–H and O–H groups in total. The number of aromatic nitrogens is 3. The van der Waals surface area contributed by atoms with Gasteiger partial charge < -0.3 is 4.42 Å². The Morgan fingerprint density at radius 1 is 1.27 bits per heavy atom. The van der Waals surface area contributed by atoms with E-state index in [1.54, 1.807) is 10.8 Å². The second kappa shape index (κ2) is 3.20. The highest BCUT2D eigenvalue weighted by Crippen LogP contribution is 2.20. The second-order valence-corrected chi connectivity index (χ2v) is 3.89. The Labute approximate surface area is 93.7 Å². The topological polar surface area (TPSA) is 43.3 Å². The molecule has 0 radical (unpaired) electrons. The van der Waals surface area contributed by atoms with Crippen molar-refractivity contribution in [1.82, 2.24) is 14.6 Å². The average molecular weight is 264 g/mol. The molecule has 0 amide bonds. The lowest BCUT2D eigenvalue weighted by atomic mass is 10.4. The van der Waals surface area contributed by atoms with Crippen LogP contribution in [0.25, 0.3) is 17.2 Å². The third-order valence-electron chi connectivity index (χ3n) is 2.06. The summed E-state index contributed by atoms with van der Waals surface area (Å²) < 4.78 is 7.86. The van der Waals surface area contributed by atoms with E-state index >= 15 is 0 Å². The molecule has 0 atom stereocenters. The molecule has 74 valence electrons.